The number of hydrogen-bond donors (Lipinski definition) is 2. The topological polar surface area (TPSA) is 44.9 Å². The molecule has 152 valence electrons. The molecule has 3 aromatic carbocycles. The zero-order valence-electron chi connectivity index (χ0n) is 15.1. The number of carbonyl (C=O) groups is 1. The van der Waals surface area contributed by atoms with Crippen LogP contribution in [0, 0.1) is 11.6 Å². The van der Waals surface area contributed by atoms with Crippen LogP contribution in [0.15, 0.2) is 66.7 Å². The molecule has 1 amide bonds. The molecule has 8 heteroatoms. The molecule has 2 N–H and O–H groups in total. The largest absolute Gasteiger partial charge is 0.471 e. The van der Waals surface area contributed by atoms with Gasteiger partial charge in [0.2, 0.25) is 0 Å². The molecule has 0 bridgehead atoms. The Morgan fingerprint density at radius 1 is 0.767 bits per heavy atom. The number of halogens is 5. The summed E-state index contributed by atoms with van der Waals surface area (Å²) in [6, 6.07) is 15.8. The average molecular weight is 416 g/mol. The van der Waals surface area contributed by atoms with E-state index in [4.69, 9.17) is 0 Å². The molecule has 4 rings (SSSR count). The Hall–Kier alpha value is -3.68. The highest BCUT2D eigenvalue weighted by atomic mass is 19.4. The van der Waals surface area contributed by atoms with E-state index in [2.05, 4.69) is 4.98 Å². The highest BCUT2D eigenvalue weighted by Crippen LogP contribution is 2.35. The first-order chi connectivity index (χ1) is 14.2. The molecule has 0 atom stereocenters. The molecule has 1 heterocycles. The molecule has 0 saturated carbocycles. The molecule has 30 heavy (non-hydrogen) atoms. The molecule has 3 nitrogen and oxygen atoms in total. The van der Waals surface area contributed by atoms with E-state index < -0.39 is 23.7 Å². The van der Waals surface area contributed by atoms with E-state index in [1.54, 1.807) is 12.1 Å². The molecule has 0 spiro atoms. The first-order valence-corrected chi connectivity index (χ1v) is 8.77. The zero-order valence-corrected chi connectivity index (χ0v) is 15.1. The van der Waals surface area contributed by atoms with E-state index in [-0.39, 0.29) is 11.2 Å². The molecule has 0 aliphatic rings. The third-order valence-electron chi connectivity index (χ3n) is 4.57. The SMILES string of the molecule is O=C(Nc1cc(-c2ccc(F)cc2)cc2cc(-c3ccc(F)cc3)[nH]c12)C(F)(F)F. The molecule has 0 aliphatic heterocycles. The van der Waals surface area contributed by atoms with Crippen LogP contribution in [0.1, 0.15) is 0 Å². The Balaban J connectivity index is 1.87. The molecule has 0 fully saturated rings. The number of benzene rings is 3. The minimum atomic E-state index is -5.06. The average Bonchev–Trinajstić information content (AvgIpc) is 3.13. The number of anilines is 1. The summed E-state index contributed by atoms with van der Waals surface area (Å²) in [5, 5.41) is 2.41. The van der Waals surface area contributed by atoms with Gasteiger partial charge in [-0.2, -0.15) is 13.2 Å². The summed E-state index contributed by atoms with van der Waals surface area (Å²) >= 11 is 0. The van der Waals surface area contributed by atoms with Gasteiger partial charge >= 0.3 is 12.1 Å². The van der Waals surface area contributed by atoms with Crippen molar-refractivity contribution in [2.75, 3.05) is 5.32 Å². The zero-order chi connectivity index (χ0) is 21.5. The minimum Gasteiger partial charge on any atom is -0.353 e. The van der Waals surface area contributed by atoms with Gasteiger partial charge in [0.15, 0.2) is 0 Å². The monoisotopic (exact) mass is 416 g/mol. The summed E-state index contributed by atoms with van der Waals surface area (Å²) in [4.78, 5) is 14.5. The molecule has 4 aromatic rings. The molecule has 0 unspecified atom stereocenters. The Bertz CT molecular complexity index is 1230. The van der Waals surface area contributed by atoms with Gasteiger partial charge in [-0.3, -0.25) is 4.79 Å². The maximum Gasteiger partial charge on any atom is 0.471 e. The predicted octanol–water partition coefficient (Wildman–Crippen LogP) is 6.28. The van der Waals surface area contributed by atoms with E-state index in [9.17, 15) is 26.7 Å². The Labute approximate surface area is 167 Å². The third-order valence-corrected chi connectivity index (χ3v) is 4.57. The first kappa shape index (κ1) is 19.6. The molecular weight excluding hydrogens is 403 g/mol. The van der Waals surface area contributed by atoms with Gasteiger partial charge in [-0.15, -0.1) is 0 Å². The molecule has 1 aromatic heterocycles. The summed E-state index contributed by atoms with van der Waals surface area (Å²) < 4.78 is 64.9. The number of fused-ring (bicyclic) bond motifs is 1. The van der Waals surface area contributed by atoms with Crippen LogP contribution in [-0.4, -0.2) is 17.1 Å². The highest BCUT2D eigenvalue weighted by molar-refractivity contribution is 6.05. The van der Waals surface area contributed by atoms with E-state index in [1.165, 1.54) is 54.6 Å². The fourth-order valence-electron chi connectivity index (χ4n) is 3.13. The summed E-state index contributed by atoms with van der Waals surface area (Å²) in [5.74, 6) is -2.99. The van der Waals surface area contributed by atoms with Crippen LogP contribution in [0.4, 0.5) is 27.6 Å². The summed E-state index contributed by atoms with van der Waals surface area (Å²) in [6.07, 6.45) is -5.06. The molecule has 0 radical (unpaired) electrons. The van der Waals surface area contributed by atoms with Gasteiger partial charge in [0.25, 0.3) is 0 Å². The Morgan fingerprint density at radius 2 is 1.33 bits per heavy atom. The van der Waals surface area contributed by atoms with Crippen molar-refractivity contribution in [3.8, 4) is 22.4 Å². The van der Waals surface area contributed by atoms with Gasteiger partial charge in [-0.1, -0.05) is 12.1 Å². The quantitative estimate of drug-likeness (QED) is 0.379. The van der Waals surface area contributed by atoms with Crippen molar-refractivity contribution in [3.63, 3.8) is 0 Å². The Morgan fingerprint density at radius 3 is 1.90 bits per heavy atom. The van der Waals surface area contributed by atoms with Crippen molar-refractivity contribution in [3.05, 3.63) is 78.4 Å². The second kappa shape index (κ2) is 7.29. The second-order valence-corrected chi connectivity index (χ2v) is 6.64. The van der Waals surface area contributed by atoms with Crippen LogP contribution < -0.4 is 5.32 Å². The lowest BCUT2D eigenvalue weighted by Crippen LogP contribution is -2.30. The van der Waals surface area contributed by atoms with Crippen LogP contribution in [0.3, 0.4) is 0 Å². The fourth-order valence-corrected chi connectivity index (χ4v) is 3.13. The maximum absolute atomic E-state index is 13.2. The second-order valence-electron chi connectivity index (χ2n) is 6.64. The van der Waals surface area contributed by atoms with Crippen LogP contribution in [0.2, 0.25) is 0 Å². The van der Waals surface area contributed by atoms with Gasteiger partial charge in [0.1, 0.15) is 11.6 Å². The maximum atomic E-state index is 13.2. The van der Waals surface area contributed by atoms with Crippen LogP contribution in [0.25, 0.3) is 33.3 Å². The van der Waals surface area contributed by atoms with Crippen molar-refractivity contribution in [2.24, 2.45) is 0 Å². The Kier molecular flexibility index (Phi) is 4.77. The van der Waals surface area contributed by atoms with E-state index in [1.807, 2.05) is 5.32 Å². The van der Waals surface area contributed by atoms with E-state index >= 15 is 0 Å². The molecule has 0 aliphatic carbocycles. The summed E-state index contributed by atoms with van der Waals surface area (Å²) in [5.41, 5.74) is 2.39. The number of aromatic nitrogens is 1. The number of carbonyl (C=O) groups excluding carboxylic acids is 1. The normalized spacial score (nSPS) is 11.6. The number of amides is 1. The van der Waals surface area contributed by atoms with Gasteiger partial charge in [-0.05, 0) is 71.3 Å². The van der Waals surface area contributed by atoms with E-state index in [0.29, 0.717) is 27.8 Å². The number of hydrogen-bond acceptors (Lipinski definition) is 1. The van der Waals surface area contributed by atoms with Gasteiger partial charge in [0, 0.05) is 11.1 Å². The van der Waals surface area contributed by atoms with Crippen LogP contribution in [-0.2, 0) is 4.79 Å². The van der Waals surface area contributed by atoms with E-state index in [0.717, 1.165) is 0 Å². The smallest absolute Gasteiger partial charge is 0.353 e. The van der Waals surface area contributed by atoms with Gasteiger partial charge in [-0.25, -0.2) is 8.78 Å². The van der Waals surface area contributed by atoms with Gasteiger partial charge in [0.05, 0.1) is 11.2 Å². The lowest BCUT2D eigenvalue weighted by atomic mass is 10.0. The molecular formula is C22H13F5N2O. The first-order valence-electron chi connectivity index (χ1n) is 8.77. The number of rotatable bonds is 3. The number of aromatic amines is 1. The van der Waals surface area contributed by atoms with Crippen molar-refractivity contribution >= 4 is 22.5 Å². The number of nitrogens with one attached hydrogen (secondary N) is 2. The fraction of sp³-hybridized carbons (Fsp3) is 0.0455. The van der Waals surface area contributed by atoms with Crippen LogP contribution in [0.5, 0.6) is 0 Å². The van der Waals surface area contributed by atoms with Crippen molar-refractivity contribution in [1.82, 2.24) is 4.98 Å². The number of alkyl halides is 3. The van der Waals surface area contributed by atoms with Crippen LogP contribution >= 0.6 is 0 Å². The lowest BCUT2D eigenvalue weighted by Gasteiger charge is -2.11. The third kappa shape index (κ3) is 3.89. The molecule has 0 saturated heterocycles. The van der Waals surface area contributed by atoms with Crippen molar-refractivity contribution < 1.29 is 26.7 Å². The lowest BCUT2D eigenvalue weighted by molar-refractivity contribution is -0.167. The minimum absolute atomic E-state index is 0.0810. The van der Waals surface area contributed by atoms with Crippen molar-refractivity contribution in [1.29, 1.82) is 0 Å². The number of H-pyrrole nitrogens is 1. The summed E-state index contributed by atoms with van der Waals surface area (Å²) in [6.45, 7) is 0. The summed E-state index contributed by atoms with van der Waals surface area (Å²) in [7, 11) is 0. The standard InChI is InChI=1S/C22H13F5N2O/c23-16-5-1-12(2-6-16)14-9-15-11-18(13-3-7-17(24)8-4-13)28-20(15)19(10-14)29-21(30)22(25,26)27/h1-11,28H,(H,29,30). The van der Waals surface area contributed by atoms with Crippen molar-refractivity contribution in [2.45, 2.75) is 6.18 Å². The van der Waals surface area contributed by atoms with Gasteiger partial charge < -0.3 is 10.3 Å². The predicted molar refractivity (Wildman–Crippen MR) is 104 cm³/mol. The highest BCUT2D eigenvalue weighted by Gasteiger charge is 2.39.